The summed E-state index contributed by atoms with van der Waals surface area (Å²) < 4.78 is 26.0. The zero-order valence-electron chi connectivity index (χ0n) is 13.2. The van der Waals surface area contributed by atoms with Crippen LogP contribution in [0.4, 0.5) is 0 Å². The lowest BCUT2D eigenvalue weighted by atomic mass is 10.2. The van der Waals surface area contributed by atoms with Crippen LogP contribution < -0.4 is 5.32 Å². The molecule has 2 amide bonds. The van der Waals surface area contributed by atoms with Gasteiger partial charge >= 0.3 is 0 Å². The van der Waals surface area contributed by atoms with Crippen LogP contribution in [0.1, 0.15) is 12.8 Å². The average Bonchev–Trinajstić information content (AvgIpc) is 2.90. The maximum absolute atomic E-state index is 12.7. The Labute approximate surface area is 136 Å². The van der Waals surface area contributed by atoms with Gasteiger partial charge in [0.25, 0.3) is 10.0 Å². The van der Waals surface area contributed by atoms with Crippen LogP contribution in [0.5, 0.6) is 0 Å². The quantitative estimate of drug-likeness (QED) is 0.791. The van der Waals surface area contributed by atoms with Gasteiger partial charge in [-0.1, -0.05) is 18.2 Å². The molecule has 0 aromatic heterocycles. The van der Waals surface area contributed by atoms with Crippen LogP contribution in [-0.2, 0) is 19.6 Å². The standard InChI is InChI=1S/C15H21N3O4S/c1-17(2)11-10-16-15(20)13-8-9-14(19)18(13)23(21,22)12-6-4-3-5-7-12/h3-7,13H,8-11H2,1-2H3,(H,16,20). The first kappa shape index (κ1) is 17.4. The minimum atomic E-state index is -4.01. The zero-order chi connectivity index (χ0) is 17.0. The summed E-state index contributed by atoms with van der Waals surface area (Å²) in [6.45, 7) is 1.04. The Kier molecular flexibility index (Phi) is 5.38. The fraction of sp³-hybridized carbons (Fsp3) is 0.467. The van der Waals surface area contributed by atoms with Crippen molar-refractivity contribution in [1.29, 1.82) is 0 Å². The monoisotopic (exact) mass is 339 g/mol. The number of rotatable bonds is 6. The normalized spacial score (nSPS) is 18.5. The molecule has 0 spiro atoms. The van der Waals surface area contributed by atoms with Gasteiger partial charge in [-0.15, -0.1) is 0 Å². The molecule has 0 radical (unpaired) electrons. The van der Waals surface area contributed by atoms with Crippen molar-refractivity contribution in [2.75, 3.05) is 27.2 Å². The highest BCUT2D eigenvalue weighted by Gasteiger charge is 2.43. The third kappa shape index (κ3) is 3.89. The van der Waals surface area contributed by atoms with Crippen molar-refractivity contribution < 1.29 is 18.0 Å². The smallest absolute Gasteiger partial charge is 0.267 e. The van der Waals surface area contributed by atoms with Crippen molar-refractivity contribution in [2.24, 2.45) is 0 Å². The third-order valence-electron chi connectivity index (χ3n) is 3.62. The topological polar surface area (TPSA) is 86.8 Å². The van der Waals surface area contributed by atoms with Crippen molar-refractivity contribution in [3.8, 4) is 0 Å². The maximum Gasteiger partial charge on any atom is 0.267 e. The van der Waals surface area contributed by atoms with E-state index in [2.05, 4.69) is 5.32 Å². The Morgan fingerprint density at radius 2 is 1.96 bits per heavy atom. The van der Waals surface area contributed by atoms with Gasteiger partial charge in [0.2, 0.25) is 11.8 Å². The minimum Gasteiger partial charge on any atom is -0.353 e. The van der Waals surface area contributed by atoms with Crippen molar-refractivity contribution in [1.82, 2.24) is 14.5 Å². The highest BCUT2D eigenvalue weighted by Crippen LogP contribution is 2.27. The van der Waals surface area contributed by atoms with Gasteiger partial charge in [0.05, 0.1) is 4.90 Å². The van der Waals surface area contributed by atoms with E-state index in [1.807, 2.05) is 19.0 Å². The van der Waals surface area contributed by atoms with Gasteiger partial charge in [0.1, 0.15) is 6.04 Å². The van der Waals surface area contributed by atoms with Gasteiger partial charge in [0.15, 0.2) is 0 Å². The van der Waals surface area contributed by atoms with Crippen LogP contribution in [0.25, 0.3) is 0 Å². The fourth-order valence-corrected chi connectivity index (χ4v) is 4.05. The fourth-order valence-electron chi connectivity index (χ4n) is 2.43. The van der Waals surface area contributed by atoms with Crippen LogP contribution in [-0.4, -0.2) is 62.7 Å². The molecule has 1 heterocycles. The highest BCUT2D eigenvalue weighted by molar-refractivity contribution is 7.89. The SMILES string of the molecule is CN(C)CCNC(=O)C1CCC(=O)N1S(=O)(=O)c1ccccc1. The molecule has 1 N–H and O–H groups in total. The van der Waals surface area contributed by atoms with Crippen molar-refractivity contribution >= 4 is 21.8 Å². The highest BCUT2D eigenvalue weighted by atomic mass is 32.2. The van der Waals surface area contributed by atoms with E-state index in [-0.39, 0.29) is 17.7 Å². The number of hydrogen-bond donors (Lipinski definition) is 1. The molecule has 23 heavy (non-hydrogen) atoms. The number of amides is 2. The van der Waals surface area contributed by atoms with Crippen LogP contribution in [0.2, 0.25) is 0 Å². The lowest BCUT2D eigenvalue weighted by Gasteiger charge is -2.24. The first-order chi connectivity index (χ1) is 10.8. The molecule has 1 aliphatic heterocycles. The van der Waals surface area contributed by atoms with Crippen molar-refractivity contribution in [3.05, 3.63) is 30.3 Å². The summed E-state index contributed by atoms with van der Waals surface area (Å²) in [5.41, 5.74) is 0. The van der Waals surface area contributed by atoms with E-state index in [0.717, 1.165) is 4.31 Å². The number of likely N-dealkylation sites (N-methyl/N-ethyl adjacent to an activating group) is 1. The average molecular weight is 339 g/mol. The zero-order valence-corrected chi connectivity index (χ0v) is 14.0. The number of sulfonamides is 1. The van der Waals surface area contributed by atoms with E-state index in [1.165, 1.54) is 12.1 Å². The second-order valence-corrected chi connectivity index (χ2v) is 7.47. The first-order valence-electron chi connectivity index (χ1n) is 7.39. The predicted octanol–water partition coefficient (Wildman–Crippen LogP) is 0.0441. The molecule has 1 aliphatic rings. The number of carbonyl (C=O) groups excluding carboxylic acids is 2. The molecule has 0 aliphatic carbocycles. The van der Waals surface area contributed by atoms with Crippen molar-refractivity contribution in [2.45, 2.75) is 23.8 Å². The Hall–Kier alpha value is -1.93. The van der Waals surface area contributed by atoms with E-state index in [9.17, 15) is 18.0 Å². The lowest BCUT2D eigenvalue weighted by molar-refractivity contribution is -0.130. The predicted molar refractivity (Wildman–Crippen MR) is 85.1 cm³/mol. The van der Waals surface area contributed by atoms with E-state index >= 15 is 0 Å². The minimum absolute atomic E-state index is 0.0151. The molecule has 1 aromatic carbocycles. The van der Waals surface area contributed by atoms with Crippen LogP contribution in [0.3, 0.4) is 0 Å². The van der Waals surface area contributed by atoms with Crippen LogP contribution in [0, 0.1) is 0 Å². The molecule has 1 unspecified atom stereocenters. The lowest BCUT2D eigenvalue weighted by Crippen LogP contribution is -2.48. The van der Waals surface area contributed by atoms with E-state index in [1.54, 1.807) is 18.2 Å². The van der Waals surface area contributed by atoms with E-state index in [4.69, 9.17) is 0 Å². The van der Waals surface area contributed by atoms with Gasteiger partial charge in [-0.05, 0) is 32.6 Å². The Morgan fingerprint density at radius 1 is 1.30 bits per heavy atom. The molecule has 8 heteroatoms. The Balaban J connectivity index is 2.18. The van der Waals surface area contributed by atoms with Gasteiger partial charge in [-0.25, -0.2) is 12.7 Å². The molecule has 0 saturated carbocycles. The summed E-state index contributed by atoms with van der Waals surface area (Å²) >= 11 is 0. The molecular weight excluding hydrogens is 318 g/mol. The molecule has 1 atom stereocenters. The number of benzene rings is 1. The summed E-state index contributed by atoms with van der Waals surface area (Å²) in [5.74, 6) is -0.973. The maximum atomic E-state index is 12.7. The Bertz CT molecular complexity index is 673. The third-order valence-corrected chi connectivity index (χ3v) is 5.47. The summed E-state index contributed by atoms with van der Waals surface area (Å²) in [5, 5.41) is 2.69. The molecule has 1 saturated heterocycles. The number of nitrogens with one attached hydrogen (secondary N) is 1. The van der Waals surface area contributed by atoms with Gasteiger partial charge < -0.3 is 10.2 Å². The van der Waals surface area contributed by atoms with Gasteiger partial charge in [-0.3, -0.25) is 9.59 Å². The Morgan fingerprint density at radius 3 is 2.57 bits per heavy atom. The summed E-state index contributed by atoms with van der Waals surface area (Å²) in [6, 6.07) is 6.72. The van der Waals surface area contributed by atoms with Crippen molar-refractivity contribution in [3.63, 3.8) is 0 Å². The summed E-state index contributed by atoms with van der Waals surface area (Å²) in [4.78, 5) is 26.2. The number of carbonyl (C=O) groups is 2. The molecule has 1 aromatic rings. The van der Waals surface area contributed by atoms with Gasteiger partial charge in [0, 0.05) is 19.5 Å². The first-order valence-corrected chi connectivity index (χ1v) is 8.83. The molecule has 0 bridgehead atoms. The van der Waals surface area contributed by atoms with E-state index in [0.29, 0.717) is 13.1 Å². The second-order valence-electron chi connectivity index (χ2n) is 5.66. The molecular formula is C15H21N3O4S. The van der Waals surface area contributed by atoms with Gasteiger partial charge in [-0.2, -0.15) is 0 Å². The second kappa shape index (κ2) is 7.10. The molecule has 1 fully saturated rings. The number of nitrogens with zero attached hydrogens (tertiary/aromatic N) is 2. The van der Waals surface area contributed by atoms with E-state index < -0.39 is 27.9 Å². The molecule has 7 nitrogen and oxygen atoms in total. The largest absolute Gasteiger partial charge is 0.353 e. The summed E-state index contributed by atoms with van der Waals surface area (Å²) in [6.07, 6.45) is 0.260. The number of hydrogen-bond acceptors (Lipinski definition) is 5. The van der Waals surface area contributed by atoms with Crippen LogP contribution >= 0.6 is 0 Å². The molecule has 126 valence electrons. The summed E-state index contributed by atoms with van der Waals surface area (Å²) in [7, 11) is -0.266. The van der Waals surface area contributed by atoms with Crippen LogP contribution in [0.15, 0.2) is 35.2 Å². The molecule has 2 rings (SSSR count).